The number of carbonyl (C=O) groups is 1. The zero-order chi connectivity index (χ0) is 17.2. The van der Waals surface area contributed by atoms with E-state index in [0.717, 1.165) is 19.4 Å². The van der Waals surface area contributed by atoms with Gasteiger partial charge in [0.25, 0.3) is 5.89 Å². The van der Waals surface area contributed by atoms with Crippen molar-refractivity contribution in [3.63, 3.8) is 0 Å². The molecule has 1 aliphatic heterocycles. The summed E-state index contributed by atoms with van der Waals surface area (Å²) in [5.41, 5.74) is -0.169. The van der Waals surface area contributed by atoms with Gasteiger partial charge in [-0.3, -0.25) is 4.79 Å². The van der Waals surface area contributed by atoms with Crippen LogP contribution in [0.2, 0.25) is 0 Å². The Hall–Kier alpha value is -2.44. The summed E-state index contributed by atoms with van der Waals surface area (Å²) in [7, 11) is 0. The van der Waals surface area contributed by atoms with Gasteiger partial charge in [0.15, 0.2) is 0 Å². The van der Waals surface area contributed by atoms with Crippen molar-refractivity contribution in [2.75, 3.05) is 18.0 Å². The molecule has 0 bridgehead atoms. The summed E-state index contributed by atoms with van der Waals surface area (Å²) in [6.45, 7) is 7.64. The number of nitrogens with zero attached hydrogens (tertiary/aromatic N) is 4. The molecule has 0 saturated carbocycles. The lowest BCUT2D eigenvalue weighted by Gasteiger charge is -2.32. The van der Waals surface area contributed by atoms with Crippen molar-refractivity contribution >= 4 is 11.9 Å². The third-order valence-electron chi connectivity index (χ3n) is 4.03. The van der Waals surface area contributed by atoms with Gasteiger partial charge >= 0.3 is 5.91 Å². The second kappa shape index (κ2) is 6.59. The Morgan fingerprint density at radius 1 is 1.29 bits per heavy atom. The molecular weight excluding hydrogens is 306 g/mol. The van der Waals surface area contributed by atoms with E-state index < -0.39 is 0 Å². The Kier molecular flexibility index (Phi) is 4.51. The fourth-order valence-corrected chi connectivity index (χ4v) is 2.70. The van der Waals surface area contributed by atoms with Crippen LogP contribution in [0.1, 0.15) is 50.1 Å². The van der Waals surface area contributed by atoms with Crippen molar-refractivity contribution in [1.82, 2.24) is 20.3 Å². The van der Waals surface area contributed by atoms with Crippen molar-refractivity contribution in [2.24, 2.45) is 0 Å². The zero-order valence-corrected chi connectivity index (χ0v) is 14.3. The van der Waals surface area contributed by atoms with Gasteiger partial charge in [-0.25, -0.2) is 15.0 Å². The molecule has 24 heavy (non-hydrogen) atoms. The van der Waals surface area contributed by atoms with Crippen LogP contribution in [0.15, 0.2) is 29.1 Å². The molecule has 0 aliphatic carbocycles. The lowest BCUT2D eigenvalue weighted by atomic mass is 9.94. The SMILES string of the molecule is CC(C)(C)c1cnc(C(=O)NC2CCCN(c3ncccn3)C2)o1. The van der Waals surface area contributed by atoms with E-state index in [1.807, 2.05) is 20.8 Å². The lowest BCUT2D eigenvalue weighted by Crippen LogP contribution is -2.48. The summed E-state index contributed by atoms with van der Waals surface area (Å²) in [6, 6.07) is 1.82. The molecule has 1 amide bonds. The molecule has 1 N–H and O–H groups in total. The van der Waals surface area contributed by atoms with Crippen LogP contribution < -0.4 is 10.2 Å². The summed E-state index contributed by atoms with van der Waals surface area (Å²) in [4.78, 5) is 27.1. The fraction of sp³-hybridized carbons (Fsp3) is 0.529. The van der Waals surface area contributed by atoms with Crippen molar-refractivity contribution in [3.8, 4) is 0 Å². The van der Waals surface area contributed by atoms with E-state index in [-0.39, 0.29) is 23.3 Å². The number of anilines is 1. The minimum atomic E-state index is -0.272. The highest BCUT2D eigenvalue weighted by atomic mass is 16.4. The number of carbonyl (C=O) groups excluding carboxylic acids is 1. The van der Waals surface area contributed by atoms with Crippen molar-refractivity contribution in [3.05, 3.63) is 36.3 Å². The van der Waals surface area contributed by atoms with Gasteiger partial charge in [0.2, 0.25) is 5.95 Å². The number of oxazole rings is 1. The average molecular weight is 329 g/mol. The minimum absolute atomic E-state index is 0.0278. The number of nitrogens with one attached hydrogen (secondary N) is 1. The van der Waals surface area contributed by atoms with Crippen LogP contribution in [0.5, 0.6) is 0 Å². The molecule has 3 heterocycles. The van der Waals surface area contributed by atoms with Gasteiger partial charge in [0, 0.05) is 36.9 Å². The van der Waals surface area contributed by atoms with E-state index in [2.05, 4.69) is 25.2 Å². The van der Waals surface area contributed by atoms with Gasteiger partial charge in [-0.2, -0.15) is 0 Å². The van der Waals surface area contributed by atoms with Crippen LogP contribution in [0.25, 0.3) is 0 Å². The van der Waals surface area contributed by atoms with Crippen molar-refractivity contribution < 1.29 is 9.21 Å². The van der Waals surface area contributed by atoms with E-state index >= 15 is 0 Å². The Morgan fingerprint density at radius 3 is 2.71 bits per heavy atom. The average Bonchev–Trinajstić information content (AvgIpc) is 3.06. The second-order valence-electron chi connectivity index (χ2n) is 7.09. The van der Waals surface area contributed by atoms with E-state index in [9.17, 15) is 4.79 Å². The van der Waals surface area contributed by atoms with Gasteiger partial charge < -0.3 is 14.6 Å². The molecule has 7 nitrogen and oxygen atoms in total. The summed E-state index contributed by atoms with van der Waals surface area (Å²) >= 11 is 0. The number of aromatic nitrogens is 3. The first-order chi connectivity index (χ1) is 11.4. The standard InChI is InChI=1S/C17H23N5O2/c1-17(2,3)13-10-20-15(24-13)14(23)21-12-6-4-9-22(11-12)16-18-7-5-8-19-16/h5,7-8,10,12H,4,6,9,11H2,1-3H3,(H,21,23). The molecule has 128 valence electrons. The normalized spacial score (nSPS) is 18.5. The van der Waals surface area contributed by atoms with Crippen LogP contribution in [-0.4, -0.2) is 40.0 Å². The summed E-state index contributed by atoms with van der Waals surface area (Å²) < 4.78 is 5.60. The molecule has 0 spiro atoms. The predicted molar refractivity (Wildman–Crippen MR) is 89.9 cm³/mol. The molecule has 1 atom stereocenters. The number of hydrogen-bond acceptors (Lipinski definition) is 6. The highest BCUT2D eigenvalue weighted by Gasteiger charge is 2.26. The monoisotopic (exact) mass is 329 g/mol. The van der Waals surface area contributed by atoms with Gasteiger partial charge in [0.1, 0.15) is 5.76 Å². The molecule has 1 unspecified atom stereocenters. The quantitative estimate of drug-likeness (QED) is 0.929. The molecule has 0 aromatic carbocycles. The Bertz CT molecular complexity index is 693. The predicted octanol–water partition coefficient (Wildman–Crippen LogP) is 2.16. The number of amides is 1. The highest BCUT2D eigenvalue weighted by molar-refractivity contribution is 5.89. The first-order valence-electron chi connectivity index (χ1n) is 8.22. The van der Waals surface area contributed by atoms with Crippen LogP contribution >= 0.6 is 0 Å². The van der Waals surface area contributed by atoms with E-state index in [1.165, 1.54) is 0 Å². The minimum Gasteiger partial charge on any atom is -0.437 e. The maximum atomic E-state index is 12.4. The molecule has 2 aromatic rings. The van der Waals surface area contributed by atoms with Gasteiger partial charge in [-0.1, -0.05) is 20.8 Å². The number of rotatable bonds is 3. The third-order valence-corrected chi connectivity index (χ3v) is 4.03. The first-order valence-corrected chi connectivity index (χ1v) is 8.22. The Morgan fingerprint density at radius 2 is 2.04 bits per heavy atom. The first kappa shape index (κ1) is 16.4. The molecular formula is C17H23N5O2. The highest BCUT2D eigenvalue weighted by Crippen LogP contribution is 2.23. The van der Waals surface area contributed by atoms with Crippen LogP contribution in [0.4, 0.5) is 5.95 Å². The van der Waals surface area contributed by atoms with Gasteiger partial charge in [0.05, 0.1) is 6.20 Å². The van der Waals surface area contributed by atoms with Crippen molar-refractivity contribution in [2.45, 2.75) is 45.1 Å². The maximum absolute atomic E-state index is 12.4. The third kappa shape index (κ3) is 3.72. The number of piperidine rings is 1. The second-order valence-corrected chi connectivity index (χ2v) is 7.09. The largest absolute Gasteiger partial charge is 0.437 e. The Balaban J connectivity index is 1.63. The maximum Gasteiger partial charge on any atom is 0.307 e. The number of hydrogen-bond donors (Lipinski definition) is 1. The topological polar surface area (TPSA) is 84.2 Å². The van der Waals surface area contributed by atoms with E-state index in [4.69, 9.17) is 4.42 Å². The summed E-state index contributed by atoms with van der Waals surface area (Å²) in [5, 5.41) is 3.01. The molecule has 1 saturated heterocycles. The summed E-state index contributed by atoms with van der Waals surface area (Å²) in [5.74, 6) is 1.25. The molecule has 1 aliphatic rings. The van der Waals surface area contributed by atoms with Crippen LogP contribution in [-0.2, 0) is 5.41 Å². The molecule has 7 heteroatoms. The van der Waals surface area contributed by atoms with Crippen molar-refractivity contribution in [1.29, 1.82) is 0 Å². The Labute approximate surface area is 141 Å². The summed E-state index contributed by atoms with van der Waals surface area (Å²) in [6.07, 6.45) is 6.97. The molecule has 2 aromatic heterocycles. The zero-order valence-electron chi connectivity index (χ0n) is 14.3. The van der Waals surface area contributed by atoms with Crippen LogP contribution in [0.3, 0.4) is 0 Å². The lowest BCUT2D eigenvalue weighted by molar-refractivity contribution is 0.0894. The van der Waals surface area contributed by atoms with Gasteiger partial charge in [-0.05, 0) is 18.9 Å². The van der Waals surface area contributed by atoms with E-state index in [1.54, 1.807) is 24.7 Å². The molecule has 0 radical (unpaired) electrons. The fourth-order valence-electron chi connectivity index (χ4n) is 2.70. The smallest absolute Gasteiger partial charge is 0.307 e. The van der Waals surface area contributed by atoms with Crippen LogP contribution in [0, 0.1) is 0 Å². The molecule has 1 fully saturated rings. The van der Waals surface area contributed by atoms with E-state index in [0.29, 0.717) is 18.3 Å². The van der Waals surface area contributed by atoms with Gasteiger partial charge in [-0.15, -0.1) is 0 Å². The molecule has 3 rings (SSSR count).